The van der Waals surface area contributed by atoms with Crippen LogP contribution in [-0.2, 0) is 20.7 Å². The van der Waals surface area contributed by atoms with Crippen LogP contribution < -0.4 is 9.47 Å². The van der Waals surface area contributed by atoms with E-state index in [1.165, 1.54) is 0 Å². The summed E-state index contributed by atoms with van der Waals surface area (Å²) in [7, 11) is 0. The van der Waals surface area contributed by atoms with Crippen molar-refractivity contribution >= 4 is 11.9 Å². The minimum Gasteiger partial charge on any atom is -0.486 e. The molecule has 2 aromatic rings. The van der Waals surface area contributed by atoms with Gasteiger partial charge in [-0.3, -0.25) is 9.59 Å². The van der Waals surface area contributed by atoms with Gasteiger partial charge in [-0.2, -0.15) is 0 Å². The number of hydrogen-bond acceptors (Lipinski definition) is 7. The Bertz CT molecular complexity index is 885. The minimum atomic E-state index is -0.167. The van der Waals surface area contributed by atoms with E-state index in [9.17, 15) is 9.59 Å². The summed E-state index contributed by atoms with van der Waals surface area (Å²) in [5.41, 5.74) is 1.39. The van der Waals surface area contributed by atoms with Crippen molar-refractivity contribution in [1.29, 1.82) is 0 Å². The molecule has 0 atom stereocenters. The zero-order chi connectivity index (χ0) is 20.2. The molecule has 1 fully saturated rings. The molecule has 2 aliphatic heterocycles. The third-order valence-corrected chi connectivity index (χ3v) is 5.19. The molecule has 1 aromatic carbocycles. The lowest BCUT2D eigenvalue weighted by Crippen LogP contribution is -2.41. The van der Waals surface area contributed by atoms with Crippen LogP contribution >= 0.6 is 0 Å². The number of carbonyl (C=O) groups excluding carboxylic acids is 2. The van der Waals surface area contributed by atoms with E-state index < -0.39 is 0 Å². The summed E-state index contributed by atoms with van der Waals surface area (Å²) < 4.78 is 21.6. The summed E-state index contributed by atoms with van der Waals surface area (Å²) in [5.74, 6) is 1.65. The van der Waals surface area contributed by atoms with E-state index in [-0.39, 0.29) is 24.2 Å². The standard InChI is InChI=1S/C21H24N2O6/c1-2-26-21(25)14-5-7-23(8-6-14)20(24)13-16-12-18(29-22-16)15-3-4-17-19(11-15)28-10-9-27-17/h3-4,11-12,14H,2,5-10,13H2,1H3. The van der Waals surface area contributed by atoms with E-state index >= 15 is 0 Å². The molecule has 1 saturated heterocycles. The van der Waals surface area contributed by atoms with Gasteiger partial charge in [0.05, 0.1) is 24.6 Å². The van der Waals surface area contributed by atoms with Gasteiger partial charge in [0.2, 0.25) is 5.91 Å². The molecule has 29 heavy (non-hydrogen) atoms. The predicted molar refractivity (Wildman–Crippen MR) is 103 cm³/mol. The van der Waals surface area contributed by atoms with Crippen LogP contribution in [0.15, 0.2) is 28.8 Å². The van der Waals surface area contributed by atoms with E-state index in [0.29, 0.717) is 68.7 Å². The number of piperidine rings is 1. The summed E-state index contributed by atoms with van der Waals surface area (Å²) in [6.45, 7) is 4.34. The molecule has 8 nitrogen and oxygen atoms in total. The van der Waals surface area contributed by atoms with Crippen molar-refractivity contribution in [3.8, 4) is 22.8 Å². The van der Waals surface area contributed by atoms with E-state index in [1.807, 2.05) is 18.2 Å². The van der Waals surface area contributed by atoms with Gasteiger partial charge in [0.25, 0.3) is 0 Å². The summed E-state index contributed by atoms with van der Waals surface area (Å²) in [6.07, 6.45) is 1.43. The number of rotatable bonds is 5. The third kappa shape index (κ3) is 4.36. The Hall–Kier alpha value is -3.03. The lowest BCUT2D eigenvalue weighted by Gasteiger charge is -2.30. The number of benzene rings is 1. The van der Waals surface area contributed by atoms with Crippen molar-refractivity contribution in [2.45, 2.75) is 26.2 Å². The minimum absolute atomic E-state index is 0.0191. The average molecular weight is 400 g/mol. The molecule has 1 amide bonds. The van der Waals surface area contributed by atoms with Gasteiger partial charge in [-0.25, -0.2) is 0 Å². The second-order valence-electron chi connectivity index (χ2n) is 7.12. The first kappa shape index (κ1) is 19.3. The van der Waals surface area contributed by atoms with Crippen molar-refractivity contribution in [1.82, 2.24) is 10.1 Å². The number of hydrogen-bond donors (Lipinski definition) is 0. The Balaban J connectivity index is 1.35. The highest BCUT2D eigenvalue weighted by atomic mass is 16.6. The molecule has 0 unspecified atom stereocenters. The number of carbonyl (C=O) groups is 2. The van der Waals surface area contributed by atoms with Gasteiger partial charge in [0.15, 0.2) is 17.3 Å². The molecule has 0 N–H and O–H groups in total. The molecule has 3 heterocycles. The summed E-state index contributed by atoms with van der Waals surface area (Å²) in [5, 5.41) is 4.04. The molecule has 0 aliphatic carbocycles. The number of nitrogens with zero attached hydrogens (tertiary/aromatic N) is 2. The molecule has 0 radical (unpaired) electrons. The van der Waals surface area contributed by atoms with Crippen molar-refractivity contribution in [3.05, 3.63) is 30.0 Å². The topological polar surface area (TPSA) is 91.1 Å². The van der Waals surface area contributed by atoms with Gasteiger partial charge >= 0.3 is 5.97 Å². The molecular formula is C21H24N2O6. The molecule has 2 aliphatic rings. The molecule has 8 heteroatoms. The second-order valence-corrected chi connectivity index (χ2v) is 7.12. The van der Waals surface area contributed by atoms with E-state index in [4.69, 9.17) is 18.7 Å². The number of fused-ring (bicyclic) bond motifs is 1. The van der Waals surface area contributed by atoms with Crippen LogP contribution in [0.3, 0.4) is 0 Å². The van der Waals surface area contributed by atoms with Gasteiger partial charge in [0, 0.05) is 24.7 Å². The smallest absolute Gasteiger partial charge is 0.309 e. The number of likely N-dealkylation sites (tertiary alicyclic amines) is 1. The lowest BCUT2D eigenvalue weighted by molar-refractivity contribution is -0.151. The second kappa shape index (κ2) is 8.55. The number of amides is 1. The van der Waals surface area contributed by atoms with Gasteiger partial charge in [-0.15, -0.1) is 0 Å². The van der Waals surface area contributed by atoms with Crippen molar-refractivity contribution in [2.24, 2.45) is 5.92 Å². The van der Waals surface area contributed by atoms with Crippen LogP contribution in [0.2, 0.25) is 0 Å². The Kier molecular flexibility index (Phi) is 5.69. The van der Waals surface area contributed by atoms with Gasteiger partial charge in [-0.1, -0.05) is 5.16 Å². The highest BCUT2D eigenvalue weighted by molar-refractivity contribution is 5.79. The van der Waals surface area contributed by atoms with Crippen molar-refractivity contribution in [3.63, 3.8) is 0 Å². The SMILES string of the molecule is CCOC(=O)C1CCN(C(=O)Cc2cc(-c3ccc4c(c3)OCCO4)on2)CC1. The Morgan fingerprint density at radius 1 is 1.14 bits per heavy atom. The van der Waals surface area contributed by atoms with E-state index in [0.717, 1.165) is 5.56 Å². The molecule has 154 valence electrons. The number of aromatic nitrogens is 1. The Labute approximate surface area is 168 Å². The van der Waals surface area contributed by atoms with Gasteiger partial charge in [0.1, 0.15) is 13.2 Å². The maximum absolute atomic E-state index is 12.6. The first-order valence-corrected chi connectivity index (χ1v) is 9.94. The van der Waals surface area contributed by atoms with Crippen molar-refractivity contribution < 1.29 is 28.3 Å². The maximum atomic E-state index is 12.6. The normalized spacial score (nSPS) is 16.5. The lowest BCUT2D eigenvalue weighted by atomic mass is 9.96. The predicted octanol–water partition coefficient (Wildman–Crippen LogP) is 2.46. The summed E-state index contributed by atoms with van der Waals surface area (Å²) in [6, 6.07) is 7.33. The molecule has 1 aromatic heterocycles. The van der Waals surface area contributed by atoms with Crippen molar-refractivity contribution in [2.75, 3.05) is 32.9 Å². The van der Waals surface area contributed by atoms with Crippen LogP contribution in [-0.4, -0.2) is 54.8 Å². The quantitative estimate of drug-likeness (QED) is 0.712. The largest absolute Gasteiger partial charge is 0.486 e. The van der Waals surface area contributed by atoms with E-state index in [2.05, 4.69) is 5.16 Å². The number of ether oxygens (including phenoxy) is 3. The fourth-order valence-corrected chi connectivity index (χ4v) is 3.62. The van der Waals surface area contributed by atoms with Gasteiger partial charge in [-0.05, 0) is 38.0 Å². The van der Waals surface area contributed by atoms with E-state index in [1.54, 1.807) is 17.9 Å². The highest BCUT2D eigenvalue weighted by Crippen LogP contribution is 2.34. The highest BCUT2D eigenvalue weighted by Gasteiger charge is 2.28. The Morgan fingerprint density at radius 2 is 1.90 bits per heavy atom. The third-order valence-electron chi connectivity index (χ3n) is 5.19. The van der Waals surface area contributed by atoms with Crippen LogP contribution in [0.5, 0.6) is 11.5 Å². The monoisotopic (exact) mass is 400 g/mol. The summed E-state index contributed by atoms with van der Waals surface area (Å²) >= 11 is 0. The van der Waals surface area contributed by atoms with Crippen LogP contribution in [0.25, 0.3) is 11.3 Å². The maximum Gasteiger partial charge on any atom is 0.309 e. The first-order chi connectivity index (χ1) is 14.1. The first-order valence-electron chi connectivity index (χ1n) is 9.94. The summed E-state index contributed by atoms with van der Waals surface area (Å²) in [4.78, 5) is 26.2. The fourth-order valence-electron chi connectivity index (χ4n) is 3.62. The molecular weight excluding hydrogens is 376 g/mol. The zero-order valence-corrected chi connectivity index (χ0v) is 16.4. The average Bonchev–Trinajstić information content (AvgIpc) is 3.22. The molecule has 0 spiro atoms. The molecule has 0 bridgehead atoms. The molecule has 0 saturated carbocycles. The number of esters is 1. The Morgan fingerprint density at radius 3 is 2.66 bits per heavy atom. The van der Waals surface area contributed by atoms with Crippen LogP contribution in [0, 0.1) is 5.92 Å². The molecule has 4 rings (SSSR count). The fraction of sp³-hybridized carbons (Fsp3) is 0.476. The van der Waals surface area contributed by atoms with Crippen LogP contribution in [0.4, 0.5) is 0 Å². The van der Waals surface area contributed by atoms with Crippen LogP contribution in [0.1, 0.15) is 25.5 Å². The van der Waals surface area contributed by atoms with Gasteiger partial charge < -0.3 is 23.6 Å². The zero-order valence-electron chi connectivity index (χ0n) is 16.4.